The first-order valence-corrected chi connectivity index (χ1v) is 5.73. The molecule has 4 nitrogen and oxygen atoms in total. The molecule has 0 aliphatic carbocycles. The van der Waals surface area contributed by atoms with Crippen LogP contribution in [0.5, 0.6) is 11.5 Å². The first-order valence-electron chi connectivity index (χ1n) is 5.73. The van der Waals surface area contributed by atoms with Crippen molar-refractivity contribution in [1.29, 1.82) is 0 Å². The Hall–Kier alpha value is -1.71. The second kappa shape index (κ2) is 4.28. The lowest BCUT2D eigenvalue weighted by Crippen LogP contribution is -2.45. The lowest BCUT2D eigenvalue weighted by Gasteiger charge is -2.33. The van der Waals surface area contributed by atoms with Crippen LogP contribution in [0, 0.1) is 0 Å². The standard InChI is InChI=1S/C13H16O4/c1-3-16-12(15)13(2)7-6-9-4-5-10(14)8-11(9)17-13/h4-5,8,14H,3,6-7H2,1-2H3. The molecule has 0 bridgehead atoms. The molecule has 17 heavy (non-hydrogen) atoms. The topological polar surface area (TPSA) is 55.8 Å². The van der Waals surface area contributed by atoms with Crippen molar-refractivity contribution >= 4 is 5.97 Å². The lowest BCUT2D eigenvalue weighted by atomic mass is 9.92. The number of aryl methyl sites for hydroxylation is 1. The van der Waals surface area contributed by atoms with Crippen LogP contribution in [0.2, 0.25) is 0 Å². The minimum atomic E-state index is -0.948. The third kappa shape index (κ3) is 2.20. The van der Waals surface area contributed by atoms with Gasteiger partial charge >= 0.3 is 5.97 Å². The van der Waals surface area contributed by atoms with Crippen LogP contribution >= 0.6 is 0 Å². The number of carbonyl (C=O) groups is 1. The smallest absolute Gasteiger partial charge is 0.350 e. The van der Waals surface area contributed by atoms with E-state index >= 15 is 0 Å². The Labute approximate surface area is 100 Å². The third-order valence-electron chi connectivity index (χ3n) is 2.96. The van der Waals surface area contributed by atoms with Crippen LogP contribution in [-0.4, -0.2) is 23.3 Å². The molecule has 1 unspecified atom stereocenters. The Morgan fingerprint density at radius 2 is 2.35 bits per heavy atom. The highest BCUT2D eigenvalue weighted by atomic mass is 16.6. The van der Waals surface area contributed by atoms with E-state index < -0.39 is 5.60 Å². The molecule has 2 rings (SSSR count). The van der Waals surface area contributed by atoms with Gasteiger partial charge < -0.3 is 14.6 Å². The van der Waals surface area contributed by atoms with Gasteiger partial charge in [0.05, 0.1) is 6.61 Å². The molecule has 0 saturated heterocycles. The predicted molar refractivity (Wildman–Crippen MR) is 62.1 cm³/mol. The molecule has 4 heteroatoms. The molecule has 1 aliphatic heterocycles. The molecular formula is C13H16O4. The molecule has 0 saturated carbocycles. The van der Waals surface area contributed by atoms with Gasteiger partial charge in [-0.1, -0.05) is 6.07 Å². The van der Waals surface area contributed by atoms with E-state index in [1.807, 2.05) is 6.07 Å². The second-order valence-electron chi connectivity index (χ2n) is 4.35. The fraction of sp³-hybridized carbons (Fsp3) is 0.462. The Bertz CT molecular complexity index is 441. The number of esters is 1. The van der Waals surface area contributed by atoms with Gasteiger partial charge in [-0.2, -0.15) is 0 Å². The van der Waals surface area contributed by atoms with Gasteiger partial charge in [0.1, 0.15) is 11.5 Å². The van der Waals surface area contributed by atoms with E-state index in [4.69, 9.17) is 9.47 Å². The molecule has 0 amide bonds. The Morgan fingerprint density at radius 3 is 3.06 bits per heavy atom. The van der Waals surface area contributed by atoms with Crippen LogP contribution < -0.4 is 4.74 Å². The van der Waals surface area contributed by atoms with Crippen molar-refractivity contribution in [2.24, 2.45) is 0 Å². The molecule has 1 aliphatic rings. The number of fused-ring (bicyclic) bond motifs is 1. The van der Waals surface area contributed by atoms with E-state index in [0.717, 1.165) is 12.0 Å². The van der Waals surface area contributed by atoms with Crippen molar-refractivity contribution in [2.45, 2.75) is 32.3 Å². The summed E-state index contributed by atoms with van der Waals surface area (Å²) in [4.78, 5) is 11.8. The molecule has 92 valence electrons. The van der Waals surface area contributed by atoms with E-state index in [0.29, 0.717) is 18.8 Å². The summed E-state index contributed by atoms with van der Waals surface area (Å²) in [6.07, 6.45) is 1.33. The van der Waals surface area contributed by atoms with E-state index in [2.05, 4.69) is 0 Å². The van der Waals surface area contributed by atoms with Gasteiger partial charge in [-0.25, -0.2) is 4.79 Å². The van der Waals surface area contributed by atoms with Gasteiger partial charge in [-0.15, -0.1) is 0 Å². The summed E-state index contributed by atoms with van der Waals surface area (Å²) in [6.45, 7) is 3.83. The molecule has 0 spiro atoms. The van der Waals surface area contributed by atoms with Crippen molar-refractivity contribution in [1.82, 2.24) is 0 Å². The second-order valence-corrected chi connectivity index (χ2v) is 4.35. The minimum absolute atomic E-state index is 0.136. The van der Waals surface area contributed by atoms with Crippen molar-refractivity contribution < 1.29 is 19.4 Å². The van der Waals surface area contributed by atoms with Crippen LogP contribution in [0.15, 0.2) is 18.2 Å². The normalized spacial score (nSPS) is 22.5. The Kier molecular flexibility index (Phi) is 2.96. The summed E-state index contributed by atoms with van der Waals surface area (Å²) < 4.78 is 10.7. The maximum absolute atomic E-state index is 11.8. The highest BCUT2D eigenvalue weighted by molar-refractivity contribution is 5.80. The zero-order chi connectivity index (χ0) is 12.5. The minimum Gasteiger partial charge on any atom is -0.508 e. The summed E-state index contributed by atoms with van der Waals surface area (Å²) in [7, 11) is 0. The maximum Gasteiger partial charge on any atom is 0.350 e. The molecule has 0 aromatic heterocycles. The van der Waals surface area contributed by atoms with E-state index in [-0.39, 0.29) is 11.7 Å². The average molecular weight is 236 g/mol. The molecule has 1 N–H and O–H groups in total. The molecule has 1 heterocycles. The number of ether oxygens (including phenoxy) is 2. The fourth-order valence-electron chi connectivity index (χ4n) is 1.94. The number of phenols is 1. The van der Waals surface area contributed by atoms with Gasteiger partial charge in [-0.3, -0.25) is 0 Å². The highest BCUT2D eigenvalue weighted by Gasteiger charge is 2.40. The van der Waals surface area contributed by atoms with Crippen molar-refractivity contribution in [3.63, 3.8) is 0 Å². The number of phenolic OH excluding ortho intramolecular Hbond substituents is 1. The zero-order valence-corrected chi connectivity index (χ0v) is 10.0. The Balaban J connectivity index is 2.25. The van der Waals surface area contributed by atoms with Crippen molar-refractivity contribution in [2.75, 3.05) is 6.61 Å². The average Bonchev–Trinajstić information content (AvgIpc) is 2.28. The van der Waals surface area contributed by atoms with Crippen LogP contribution in [0.25, 0.3) is 0 Å². The van der Waals surface area contributed by atoms with Gasteiger partial charge in [0.15, 0.2) is 0 Å². The number of aromatic hydroxyl groups is 1. The van der Waals surface area contributed by atoms with E-state index in [9.17, 15) is 9.90 Å². The predicted octanol–water partition coefficient (Wildman–Crippen LogP) is 2.04. The van der Waals surface area contributed by atoms with Gasteiger partial charge in [0.2, 0.25) is 5.60 Å². The zero-order valence-electron chi connectivity index (χ0n) is 10.0. The quantitative estimate of drug-likeness (QED) is 0.798. The van der Waals surface area contributed by atoms with Crippen LogP contribution in [0.3, 0.4) is 0 Å². The summed E-state index contributed by atoms with van der Waals surface area (Å²) in [5.74, 6) is 0.345. The summed E-state index contributed by atoms with van der Waals surface area (Å²) in [6, 6.07) is 4.97. The maximum atomic E-state index is 11.8. The molecule has 0 fully saturated rings. The lowest BCUT2D eigenvalue weighted by molar-refractivity contribution is -0.161. The first kappa shape index (κ1) is 11.8. The highest BCUT2D eigenvalue weighted by Crippen LogP contribution is 2.35. The largest absolute Gasteiger partial charge is 0.508 e. The SMILES string of the molecule is CCOC(=O)C1(C)CCc2ccc(O)cc2O1. The molecule has 1 aromatic carbocycles. The summed E-state index contributed by atoms with van der Waals surface area (Å²) in [5, 5.41) is 9.40. The number of benzene rings is 1. The van der Waals surface area contributed by atoms with Crippen molar-refractivity contribution in [3.8, 4) is 11.5 Å². The van der Waals surface area contributed by atoms with E-state index in [1.54, 1.807) is 19.9 Å². The fourth-order valence-corrected chi connectivity index (χ4v) is 1.94. The summed E-state index contributed by atoms with van der Waals surface area (Å²) >= 11 is 0. The number of carbonyl (C=O) groups excluding carboxylic acids is 1. The third-order valence-corrected chi connectivity index (χ3v) is 2.96. The van der Waals surface area contributed by atoms with Crippen LogP contribution in [-0.2, 0) is 16.0 Å². The number of hydrogen-bond donors (Lipinski definition) is 1. The molecular weight excluding hydrogens is 220 g/mol. The van der Waals surface area contributed by atoms with Gasteiger partial charge in [-0.05, 0) is 31.9 Å². The first-order chi connectivity index (χ1) is 8.05. The van der Waals surface area contributed by atoms with Gasteiger partial charge in [0, 0.05) is 12.5 Å². The molecule has 1 atom stereocenters. The van der Waals surface area contributed by atoms with E-state index in [1.165, 1.54) is 6.07 Å². The van der Waals surface area contributed by atoms with Crippen LogP contribution in [0.1, 0.15) is 25.8 Å². The summed E-state index contributed by atoms with van der Waals surface area (Å²) in [5.41, 5.74) is 0.0566. The number of hydrogen-bond acceptors (Lipinski definition) is 4. The van der Waals surface area contributed by atoms with Crippen LogP contribution in [0.4, 0.5) is 0 Å². The Morgan fingerprint density at radius 1 is 1.59 bits per heavy atom. The molecule has 1 aromatic rings. The monoisotopic (exact) mass is 236 g/mol. The molecule has 0 radical (unpaired) electrons. The number of rotatable bonds is 2. The van der Waals surface area contributed by atoms with Crippen molar-refractivity contribution in [3.05, 3.63) is 23.8 Å². The van der Waals surface area contributed by atoms with Gasteiger partial charge in [0.25, 0.3) is 0 Å².